The summed E-state index contributed by atoms with van der Waals surface area (Å²) in [4.78, 5) is 0. The normalized spacial score (nSPS) is 12.9. The van der Waals surface area contributed by atoms with Crippen molar-refractivity contribution in [2.75, 3.05) is 20.2 Å². The van der Waals surface area contributed by atoms with Gasteiger partial charge in [-0.1, -0.05) is 6.92 Å². The van der Waals surface area contributed by atoms with Gasteiger partial charge in [-0.05, 0) is 13.5 Å². The van der Waals surface area contributed by atoms with Crippen molar-refractivity contribution in [1.82, 2.24) is 15.1 Å². The van der Waals surface area contributed by atoms with Crippen LogP contribution < -0.4 is 15.8 Å². The lowest BCUT2D eigenvalue weighted by atomic mass is 10.1. The van der Waals surface area contributed by atoms with Crippen LogP contribution in [0.1, 0.15) is 24.2 Å². The SMILES string of the molecule is CCNC(CN)c1c(C)nn(C)c1OC. The second kappa shape index (κ2) is 5.14. The summed E-state index contributed by atoms with van der Waals surface area (Å²) in [6.45, 7) is 5.44. The molecular formula is C10H20N4O. The molecule has 3 N–H and O–H groups in total. The average molecular weight is 212 g/mol. The highest BCUT2D eigenvalue weighted by Crippen LogP contribution is 2.27. The van der Waals surface area contributed by atoms with Crippen molar-refractivity contribution < 1.29 is 4.74 Å². The van der Waals surface area contributed by atoms with Crippen molar-refractivity contribution in [2.45, 2.75) is 19.9 Å². The number of likely N-dealkylation sites (N-methyl/N-ethyl adjacent to an activating group) is 1. The van der Waals surface area contributed by atoms with Crippen LogP contribution in [0.4, 0.5) is 0 Å². The summed E-state index contributed by atoms with van der Waals surface area (Å²) < 4.78 is 7.07. The summed E-state index contributed by atoms with van der Waals surface area (Å²) in [5, 5.41) is 7.65. The summed E-state index contributed by atoms with van der Waals surface area (Å²) in [5.41, 5.74) is 7.76. The van der Waals surface area contributed by atoms with Crippen LogP contribution in [0.5, 0.6) is 5.88 Å². The largest absolute Gasteiger partial charge is 0.481 e. The molecule has 1 unspecified atom stereocenters. The second-order valence-electron chi connectivity index (χ2n) is 3.48. The van der Waals surface area contributed by atoms with Gasteiger partial charge in [-0.2, -0.15) is 5.10 Å². The Morgan fingerprint density at radius 3 is 2.73 bits per heavy atom. The topological polar surface area (TPSA) is 65.1 Å². The molecular weight excluding hydrogens is 192 g/mol. The van der Waals surface area contributed by atoms with Crippen molar-refractivity contribution >= 4 is 0 Å². The monoisotopic (exact) mass is 212 g/mol. The number of ether oxygens (including phenoxy) is 1. The summed E-state index contributed by atoms with van der Waals surface area (Å²) in [7, 11) is 3.52. The zero-order valence-corrected chi connectivity index (χ0v) is 9.87. The van der Waals surface area contributed by atoms with Crippen LogP contribution in [0, 0.1) is 6.92 Å². The van der Waals surface area contributed by atoms with E-state index in [0.29, 0.717) is 6.54 Å². The second-order valence-corrected chi connectivity index (χ2v) is 3.48. The highest BCUT2D eigenvalue weighted by atomic mass is 16.5. The molecule has 1 rings (SSSR count). The summed E-state index contributed by atoms with van der Waals surface area (Å²) >= 11 is 0. The van der Waals surface area contributed by atoms with E-state index >= 15 is 0 Å². The lowest BCUT2D eigenvalue weighted by Gasteiger charge is -2.16. The maximum Gasteiger partial charge on any atom is 0.216 e. The molecule has 1 aromatic heterocycles. The Bertz CT molecular complexity index is 321. The predicted molar refractivity (Wildman–Crippen MR) is 60.0 cm³/mol. The first-order valence-electron chi connectivity index (χ1n) is 5.16. The first-order valence-corrected chi connectivity index (χ1v) is 5.16. The average Bonchev–Trinajstić information content (AvgIpc) is 2.49. The van der Waals surface area contributed by atoms with Gasteiger partial charge in [0.05, 0.1) is 24.4 Å². The molecule has 0 aromatic carbocycles. The molecule has 0 aliphatic carbocycles. The summed E-state index contributed by atoms with van der Waals surface area (Å²) in [6.07, 6.45) is 0. The molecule has 5 heteroatoms. The minimum absolute atomic E-state index is 0.110. The molecule has 1 heterocycles. The summed E-state index contributed by atoms with van der Waals surface area (Å²) in [6, 6.07) is 0.110. The maximum absolute atomic E-state index is 5.74. The van der Waals surface area contributed by atoms with Crippen molar-refractivity contribution in [1.29, 1.82) is 0 Å². The maximum atomic E-state index is 5.74. The fourth-order valence-corrected chi connectivity index (χ4v) is 1.85. The Balaban J connectivity index is 3.09. The number of methoxy groups -OCH3 is 1. The van der Waals surface area contributed by atoms with Crippen molar-refractivity contribution in [3.05, 3.63) is 11.3 Å². The zero-order chi connectivity index (χ0) is 11.4. The predicted octanol–water partition coefficient (Wildman–Crippen LogP) is 0.346. The summed E-state index contributed by atoms with van der Waals surface area (Å²) in [5.74, 6) is 0.781. The van der Waals surface area contributed by atoms with Crippen LogP contribution in [0.15, 0.2) is 0 Å². The van der Waals surface area contributed by atoms with Crippen molar-refractivity contribution in [3.8, 4) is 5.88 Å². The van der Waals surface area contributed by atoms with Gasteiger partial charge in [-0.3, -0.25) is 0 Å². The third-order valence-electron chi connectivity index (χ3n) is 2.44. The van der Waals surface area contributed by atoms with E-state index in [1.165, 1.54) is 0 Å². The van der Waals surface area contributed by atoms with Gasteiger partial charge in [0.1, 0.15) is 0 Å². The molecule has 0 aliphatic rings. The Morgan fingerprint density at radius 1 is 1.60 bits per heavy atom. The van der Waals surface area contributed by atoms with E-state index < -0.39 is 0 Å². The van der Waals surface area contributed by atoms with E-state index in [1.54, 1.807) is 11.8 Å². The molecule has 1 aromatic rings. The first-order chi connectivity index (χ1) is 7.15. The third-order valence-corrected chi connectivity index (χ3v) is 2.44. The minimum Gasteiger partial charge on any atom is -0.481 e. The van der Waals surface area contributed by atoms with E-state index in [1.807, 2.05) is 14.0 Å². The molecule has 0 fully saturated rings. The first kappa shape index (κ1) is 12.0. The minimum atomic E-state index is 0.110. The van der Waals surface area contributed by atoms with Crippen LogP contribution >= 0.6 is 0 Å². The van der Waals surface area contributed by atoms with Gasteiger partial charge in [0, 0.05) is 13.6 Å². The standard InChI is InChI=1S/C10H20N4O/c1-5-12-8(6-11)9-7(2)13-14(3)10(9)15-4/h8,12H,5-6,11H2,1-4H3. The molecule has 0 bridgehead atoms. The molecule has 0 amide bonds. The van der Waals surface area contributed by atoms with E-state index in [2.05, 4.69) is 17.3 Å². The highest BCUT2D eigenvalue weighted by Gasteiger charge is 2.21. The van der Waals surface area contributed by atoms with Gasteiger partial charge in [0.15, 0.2) is 0 Å². The van der Waals surface area contributed by atoms with E-state index in [9.17, 15) is 0 Å². The molecule has 0 spiro atoms. The molecule has 0 saturated carbocycles. The van der Waals surface area contributed by atoms with Gasteiger partial charge >= 0.3 is 0 Å². The van der Waals surface area contributed by atoms with Crippen LogP contribution in [0.3, 0.4) is 0 Å². The smallest absolute Gasteiger partial charge is 0.216 e. The Kier molecular flexibility index (Phi) is 4.11. The van der Waals surface area contributed by atoms with Gasteiger partial charge in [0.2, 0.25) is 5.88 Å². The van der Waals surface area contributed by atoms with Crippen LogP contribution in [0.2, 0.25) is 0 Å². The third kappa shape index (κ3) is 2.30. The van der Waals surface area contributed by atoms with Gasteiger partial charge in [0.25, 0.3) is 0 Å². The number of nitrogens with one attached hydrogen (secondary N) is 1. The number of aromatic nitrogens is 2. The molecule has 0 radical (unpaired) electrons. The van der Waals surface area contributed by atoms with E-state index in [0.717, 1.165) is 23.7 Å². The van der Waals surface area contributed by atoms with Crippen LogP contribution in [-0.2, 0) is 7.05 Å². The van der Waals surface area contributed by atoms with Crippen LogP contribution in [-0.4, -0.2) is 30.0 Å². The van der Waals surface area contributed by atoms with Crippen molar-refractivity contribution in [3.63, 3.8) is 0 Å². The number of aryl methyl sites for hydroxylation is 2. The fourth-order valence-electron chi connectivity index (χ4n) is 1.85. The van der Waals surface area contributed by atoms with Crippen molar-refractivity contribution in [2.24, 2.45) is 12.8 Å². The number of rotatable bonds is 5. The number of hydrogen-bond donors (Lipinski definition) is 2. The zero-order valence-electron chi connectivity index (χ0n) is 9.87. The number of nitrogens with zero attached hydrogens (tertiary/aromatic N) is 2. The Hall–Kier alpha value is -1.07. The van der Waals surface area contributed by atoms with E-state index in [4.69, 9.17) is 10.5 Å². The van der Waals surface area contributed by atoms with Gasteiger partial charge < -0.3 is 15.8 Å². The molecule has 5 nitrogen and oxygen atoms in total. The molecule has 0 saturated heterocycles. The molecule has 86 valence electrons. The molecule has 0 aliphatic heterocycles. The number of hydrogen-bond acceptors (Lipinski definition) is 4. The number of nitrogens with two attached hydrogens (primary N) is 1. The highest BCUT2D eigenvalue weighted by molar-refractivity contribution is 5.34. The lowest BCUT2D eigenvalue weighted by Crippen LogP contribution is -2.28. The van der Waals surface area contributed by atoms with E-state index in [-0.39, 0.29) is 6.04 Å². The molecule has 1 atom stereocenters. The van der Waals surface area contributed by atoms with Gasteiger partial charge in [-0.25, -0.2) is 4.68 Å². The Morgan fingerprint density at radius 2 is 2.27 bits per heavy atom. The van der Waals surface area contributed by atoms with Crippen LogP contribution in [0.25, 0.3) is 0 Å². The lowest BCUT2D eigenvalue weighted by molar-refractivity contribution is 0.363. The molecule has 15 heavy (non-hydrogen) atoms. The Labute approximate surface area is 90.6 Å². The fraction of sp³-hybridized carbons (Fsp3) is 0.700. The quantitative estimate of drug-likeness (QED) is 0.739. The van der Waals surface area contributed by atoms with Gasteiger partial charge in [-0.15, -0.1) is 0 Å².